The summed E-state index contributed by atoms with van der Waals surface area (Å²) >= 11 is 0. The van der Waals surface area contributed by atoms with E-state index in [9.17, 15) is 0 Å². The monoisotopic (exact) mass is 629 g/mol. The van der Waals surface area contributed by atoms with Crippen molar-refractivity contribution in [1.29, 1.82) is 0 Å². The fourth-order valence-corrected chi connectivity index (χ4v) is 6.29. The number of rotatable bonds is 30. The molecule has 2 nitrogen and oxygen atoms in total. The molecule has 0 radical (unpaired) electrons. The molecule has 2 heteroatoms. The molecule has 0 fully saturated rings. The van der Waals surface area contributed by atoms with Crippen LogP contribution in [0.2, 0.25) is 0 Å². The van der Waals surface area contributed by atoms with Gasteiger partial charge in [-0.15, -0.1) is 0 Å². The van der Waals surface area contributed by atoms with Crippen molar-refractivity contribution in [3.63, 3.8) is 0 Å². The van der Waals surface area contributed by atoms with Gasteiger partial charge in [-0.3, -0.25) is 9.98 Å². The van der Waals surface area contributed by atoms with E-state index in [-0.39, 0.29) is 0 Å². The van der Waals surface area contributed by atoms with Gasteiger partial charge in [0.05, 0.1) is 17.1 Å². The summed E-state index contributed by atoms with van der Waals surface area (Å²) in [5.74, 6) is 0. The Morgan fingerprint density at radius 3 is 1.15 bits per heavy atom. The minimum absolute atomic E-state index is 0.970. The molecule has 0 aliphatic rings. The lowest BCUT2D eigenvalue weighted by Gasteiger charge is -2.05. The maximum Gasteiger partial charge on any atom is 0.0633 e. The van der Waals surface area contributed by atoms with E-state index in [1.165, 1.54) is 172 Å². The number of benzene rings is 2. The van der Waals surface area contributed by atoms with Crippen LogP contribution >= 0.6 is 0 Å². The molecule has 0 N–H and O–H groups in total. The van der Waals surface area contributed by atoms with Crippen LogP contribution in [-0.4, -0.2) is 11.9 Å². The van der Waals surface area contributed by atoms with E-state index >= 15 is 0 Å². The summed E-state index contributed by atoms with van der Waals surface area (Å²) in [4.78, 5) is 9.80. The van der Waals surface area contributed by atoms with Crippen molar-refractivity contribution in [2.24, 2.45) is 9.98 Å². The molecule has 46 heavy (non-hydrogen) atoms. The predicted molar refractivity (Wildman–Crippen MR) is 208 cm³/mol. The van der Waals surface area contributed by atoms with E-state index < -0.39 is 0 Å². The third-order valence-electron chi connectivity index (χ3n) is 9.43. The Bertz CT molecular complexity index is 1000. The first-order chi connectivity index (χ1) is 22.7. The topological polar surface area (TPSA) is 24.7 Å². The fraction of sp³-hybridized carbons (Fsp3) is 0.682. The first-order valence-corrected chi connectivity index (χ1v) is 20.0. The van der Waals surface area contributed by atoms with Gasteiger partial charge in [0.1, 0.15) is 0 Å². The highest BCUT2D eigenvalue weighted by atomic mass is 14.8. The van der Waals surface area contributed by atoms with Crippen LogP contribution in [0.1, 0.15) is 192 Å². The second-order valence-corrected chi connectivity index (χ2v) is 13.9. The molecule has 2 rings (SSSR count). The van der Waals surface area contributed by atoms with Crippen LogP contribution < -0.4 is 0 Å². The zero-order chi connectivity index (χ0) is 32.8. The van der Waals surface area contributed by atoms with Gasteiger partial charge in [0.25, 0.3) is 0 Å². The van der Waals surface area contributed by atoms with Crippen molar-refractivity contribution in [3.05, 3.63) is 59.7 Å². The van der Waals surface area contributed by atoms with Crippen molar-refractivity contribution in [3.8, 4) is 0 Å². The minimum atomic E-state index is 0.970. The number of hydrogen-bond acceptors (Lipinski definition) is 2. The summed E-state index contributed by atoms with van der Waals surface area (Å²) in [6.07, 6.45) is 38.4. The lowest BCUT2D eigenvalue weighted by Crippen LogP contribution is -1.99. The van der Waals surface area contributed by atoms with Gasteiger partial charge < -0.3 is 0 Å². The van der Waals surface area contributed by atoms with Crippen molar-refractivity contribution in [2.45, 2.75) is 194 Å². The average molecular weight is 629 g/mol. The highest BCUT2D eigenvalue weighted by molar-refractivity contribution is 6.31. The van der Waals surface area contributed by atoms with E-state index in [1.54, 1.807) is 0 Å². The van der Waals surface area contributed by atoms with E-state index in [0.29, 0.717) is 0 Å². The summed E-state index contributed by atoms with van der Waals surface area (Å²) < 4.78 is 0. The zero-order valence-electron chi connectivity index (χ0n) is 30.7. The first kappa shape index (κ1) is 40.0. The Morgan fingerprint density at radius 1 is 0.413 bits per heavy atom. The second kappa shape index (κ2) is 29.0. The molecule has 2 aromatic rings. The molecule has 0 atom stereocenters. The van der Waals surface area contributed by atoms with Crippen LogP contribution in [0.25, 0.3) is 0 Å². The molecule has 0 saturated carbocycles. The molecule has 0 aliphatic heterocycles. The van der Waals surface area contributed by atoms with Gasteiger partial charge in [-0.25, -0.2) is 0 Å². The SMILES string of the molecule is CCCCCCCCCCCCCc1ccc(N=CC(CCCC)=Nc2ccc(CCCCCCCCCCCCC)cc2)cc1. The Hall–Kier alpha value is -2.22. The van der Waals surface area contributed by atoms with Gasteiger partial charge in [0, 0.05) is 6.21 Å². The Labute approximate surface area is 286 Å². The van der Waals surface area contributed by atoms with E-state index in [0.717, 1.165) is 29.9 Å². The number of hydrogen-bond donors (Lipinski definition) is 0. The third kappa shape index (κ3) is 21.6. The summed E-state index contributed by atoms with van der Waals surface area (Å²) in [5.41, 5.74) is 6.01. The van der Waals surface area contributed by atoms with Crippen LogP contribution in [0, 0.1) is 0 Å². The number of aliphatic imine (C=N–C) groups is 2. The van der Waals surface area contributed by atoms with E-state index in [4.69, 9.17) is 9.98 Å². The smallest absolute Gasteiger partial charge is 0.0633 e. The van der Waals surface area contributed by atoms with Crippen molar-refractivity contribution in [1.82, 2.24) is 0 Å². The summed E-state index contributed by atoms with van der Waals surface area (Å²) in [7, 11) is 0. The van der Waals surface area contributed by atoms with Gasteiger partial charge in [0.2, 0.25) is 0 Å². The van der Waals surface area contributed by atoms with Crippen LogP contribution in [0.15, 0.2) is 58.5 Å². The van der Waals surface area contributed by atoms with Crippen molar-refractivity contribution >= 4 is 23.3 Å². The molecule has 0 aromatic heterocycles. The molecule has 0 saturated heterocycles. The summed E-state index contributed by atoms with van der Waals surface area (Å²) in [5, 5.41) is 0. The molecule has 0 bridgehead atoms. The van der Waals surface area contributed by atoms with Gasteiger partial charge in [0.15, 0.2) is 0 Å². The largest absolute Gasteiger partial charge is 0.255 e. The molecule has 2 aromatic carbocycles. The maximum absolute atomic E-state index is 4.99. The molecule has 0 aliphatic carbocycles. The van der Waals surface area contributed by atoms with Crippen LogP contribution in [0.3, 0.4) is 0 Å². The Balaban J connectivity index is 1.67. The highest BCUT2D eigenvalue weighted by Gasteiger charge is 2.01. The van der Waals surface area contributed by atoms with Crippen LogP contribution in [0.5, 0.6) is 0 Å². The zero-order valence-corrected chi connectivity index (χ0v) is 30.7. The lowest BCUT2D eigenvalue weighted by molar-refractivity contribution is 0.549. The highest BCUT2D eigenvalue weighted by Crippen LogP contribution is 2.19. The van der Waals surface area contributed by atoms with E-state index in [2.05, 4.69) is 69.3 Å². The van der Waals surface area contributed by atoms with Crippen molar-refractivity contribution < 1.29 is 0 Å². The average Bonchev–Trinajstić information content (AvgIpc) is 3.08. The molecule has 0 heterocycles. The van der Waals surface area contributed by atoms with Crippen LogP contribution in [0.4, 0.5) is 11.4 Å². The normalized spacial score (nSPS) is 12.0. The fourth-order valence-electron chi connectivity index (χ4n) is 6.29. The molecule has 0 unspecified atom stereocenters. The lowest BCUT2D eigenvalue weighted by atomic mass is 10.0. The third-order valence-corrected chi connectivity index (χ3v) is 9.43. The molecule has 0 spiro atoms. The van der Waals surface area contributed by atoms with Crippen LogP contribution in [-0.2, 0) is 12.8 Å². The molecule has 0 amide bonds. The number of aryl methyl sites for hydroxylation is 2. The maximum atomic E-state index is 4.99. The first-order valence-electron chi connectivity index (χ1n) is 20.0. The number of unbranched alkanes of at least 4 members (excludes halogenated alkanes) is 21. The molecular formula is C44H72N2. The van der Waals surface area contributed by atoms with Gasteiger partial charge in [-0.1, -0.05) is 180 Å². The molecule has 258 valence electrons. The summed E-state index contributed by atoms with van der Waals surface area (Å²) in [6.45, 7) is 6.83. The van der Waals surface area contributed by atoms with Crippen molar-refractivity contribution in [2.75, 3.05) is 0 Å². The van der Waals surface area contributed by atoms with Gasteiger partial charge in [-0.05, 0) is 73.9 Å². The quantitative estimate of drug-likeness (QED) is 0.0607. The van der Waals surface area contributed by atoms with Gasteiger partial charge >= 0.3 is 0 Å². The predicted octanol–water partition coefficient (Wildman–Crippen LogP) is 15.1. The minimum Gasteiger partial charge on any atom is -0.255 e. The molecular weight excluding hydrogens is 556 g/mol. The Kier molecular flexibility index (Phi) is 25.2. The Morgan fingerprint density at radius 2 is 0.761 bits per heavy atom. The number of nitrogens with zero attached hydrogens (tertiary/aromatic N) is 2. The van der Waals surface area contributed by atoms with E-state index in [1.807, 2.05) is 6.21 Å². The summed E-state index contributed by atoms with van der Waals surface area (Å²) in [6, 6.07) is 17.8. The van der Waals surface area contributed by atoms with Gasteiger partial charge in [-0.2, -0.15) is 0 Å². The second-order valence-electron chi connectivity index (χ2n) is 13.9. The standard InChI is InChI=1S/C44H72N2/c1-4-7-10-12-14-16-18-20-22-24-26-28-40-31-35-42(36-32-40)45-39-44(30-9-6-3)46-43-37-33-41(34-38-43)29-27-25-23-21-19-17-15-13-11-8-5-2/h31-39H,4-30H2,1-3H3.